The average Bonchev–Trinajstić information content (AvgIpc) is 3.35. The van der Waals surface area contributed by atoms with Gasteiger partial charge >= 0.3 is 12.1 Å². The fourth-order valence-electron chi connectivity index (χ4n) is 4.68. The maximum absolute atomic E-state index is 12.7. The summed E-state index contributed by atoms with van der Waals surface area (Å²) in [5, 5.41) is 10.4. The fraction of sp³-hybridized carbons (Fsp3) is 0.258. The summed E-state index contributed by atoms with van der Waals surface area (Å²) in [6.07, 6.45) is -0.00599. The maximum atomic E-state index is 12.7. The van der Waals surface area contributed by atoms with Crippen LogP contribution in [0.2, 0.25) is 5.02 Å². The van der Waals surface area contributed by atoms with E-state index < -0.39 is 18.1 Å². The summed E-state index contributed by atoms with van der Waals surface area (Å²) in [7, 11) is 0. The highest BCUT2D eigenvalue weighted by Gasteiger charge is 2.35. The summed E-state index contributed by atoms with van der Waals surface area (Å²) >= 11 is 5.88. The molecule has 1 atom stereocenters. The minimum atomic E-state index is -1.00. The minimum absolute atomic E-state index is 0.0139. The van der Waals surface area contributed by atoms with Gasteiger partial charge < -0.3 is 23.9 Å². The van der Waals surface area contributed by atoms with Gasteiger partial charge in [-0.3, -0.25) is 9.69 Å². The van der Waals surface area contributed by atoms with E-state index >= 15 is 0 Å². The Hall–Kier alpha value is -4.34. The summed E-state index contributed by atoms with van der Waals surface area (Å²) in [6.45, 7) is 3.45. The first kappa shape index (κ1) is 28.2. The first-order valence-electron chi connectivity index (χ1n) is 13.3. The topological polar surface area (TPSA) is 105 Å². The first-order chi connectivity index (χ1) is 19.9. The van der Waals surface area contributed by atoms with Gasteiger partial charge in [-0.2, -0.15) is 0 Å². The number of aliphatic carboxylic acids is 1. The number of amides is 1. The Balaban J connectivity index is 1.16. The second kappa shape index (κ2) is 12.9. The number of benzene rings is 3. The lowest BCUT2D eigenvalue weighted by Gasteiger charge is -2.38. The molecule has 41 heavy (non-hydrogen) atoms. The van der Waals surface area contributed by atoms with Crippen molar-refractivity contribution in [3.05, 3.63) is 101 Å². The molecule has 0 bridgehead atoms. The largest absolute Gasteiger partial charge is 0.493 e. The van der Waals surface area contributed by atoms with Crippen molar-refractivity contribution in [1.29, 1.82) is 0 Å². The SMILES string of the molecule is Cc1oc(-c2ccccc2)nc1CCOc1cccc(CN2CCN(C(=O)Oc3ccc(Cl)cc3)CC2C(=O)O)c1. The van der Waals surface area contributed by atoms with Gasteiger partial charge in [-0.15, -0.1) is 0 Å². The van der Waals surface area contributed by atoms with Gasteiger partial charge in [-0.25, -0.2) is 9.78 Å². The standard InChI is InChI=1S/C31H30ClN3O6/c1-21-27(33-29(40-21)23-7-3-2-4-8-23)14-17-39-26-9-5-6-22(18-26)19-34-15-16-35(20-28(34)30(36)37)31(38)41-25-12-10-24(32)11-13-25/h2-13,18,28H,14-17,19-20H2,1H3,(H,36,37). The van der Waals surface area contributed by atoms with Gasteiger partial charge in [0.1, 0.15) is 23.3 Å². The van der Waals surface area contributed by atoms with Crippen molar-refractivity contribution in [3.63, 3.8) is 0 Å². The monoisotopic (exact) mass is 575 g/mol. The van der Waals surface area contributed by atoms with Gasteiger partial charge in [-0.05, 0) is 61.0 Å². The fourth-order valence-corrected chi connectivity index (χ4v) is 4.80. The van der Waals surface area contributed by atoms with E-state index in [1.807, 2.05) is 66.4 Å². The number of aromatic nitrogens is 1. The van der Waals surface area contributed by atoms with Crippen molar-refractivity contribution in [2.24, 2.45) is 0 Å². The number of oxazole rings is 1. The Morgan fingerprint density at radius 3 is 2.56 bits per heavy atom. The lowest BCUT2D eigenvalue weighted by Crippen LogP contribution is -2.57. The van der Waals surface area contributed by atoms with Crippen LogP contribution in [0.15, 0.2) is 83.3 Å². The highest BCUT2D eigenvalue weighted by molar-refractivity contribution is 6.30. The van der Waals surface area contributed by atoms with Crippen LogP contribution in [0.5, 0.6) is 11.5 Å². The lowest BCUT2D eigenvalue weighted by molar-refractivity contribution is -0.145. The molecule has 1 saturated heterocycles. The molecule has 1 fully saturated rings. The molecule has 5 rings (SSSR count). The van der Waals surface area contributed by atoms with Crippen molar-refractivity contribution in [3.8, 4) is 23.0 Å². The summed E-state index contributed by atoms with van der Waals surface area (Å²) < 4.78 is 17.2. The highest BCUT2D eigenvalue weighted by Crippen LogP contribution is 2.23. The number of halogens is 1. The van der Waals surface area contributed by atoms with E-state index in [1.54, 1.807) is 24.3 Å². The number of hydrogen-bond acceptors (Lipinski definition) is 7. The third kappa shape index (κ3) is 7.25. The zero-order chi connectivity index (χ0) is 28.8. The van der Waals surface area contributed by atoms with Gasteiger partial charge in [-0.1, -0.05) is 41.9 Å². The number of ether oxygens (including phenoxy) is 2. The molecule has 1 aliphatic heterocycles. The van der Waals surface area contributed by atoms with E-state index in [4.69, 9.17) is 25.5 Å². The van der Waals surface area contributed by atoms with Crippen LogP contribution in [-0.4, -0.2) is 64.2 Å². The molecule has 9 nitrogen and oxygen atoms in total. The molecule has 1 N–H and O–H groups in total. The normalized spacial score (nSPS) is 15.5. The molecular weight excluding hydrogens is 546 g/mol. The van der Waals surface area contributed by atoms with Crippen LogP contribution in [0.3, 0.4) is 0 Å². The van der Waals surface area contributed by atoms with E-state index in [-0.39, 0.29) is 6.54 Å². The van der Waals surface area contributed by atoms with Gasteiger partial charge in [0.05, 0.1) is 18.8 Å². The van der Waals surface area contributed by atoms with Crippen LogP contribution in [0.4, 0.5) is 4.79 Å². The minimum Gasteiger partial charge on any atom is -0.493 e. The second-order valence-corrected chi connectivity index (χ2v) is 10.2. The van der Waals surface area contributed by atoms with E-state index in [0.29, 0.717) is 55.1 Å². The second-order valence-electron chi connectivity index (χ2n) is 9.73. The molecular formula is C31H30ClN3O6. The number of piperazine rings is 1. The van der Waals surface area contributed by atoms with Crippen LogP contribution >= 0.6 is 11.6 Å². The quantitative estimate of drug-likeness (QED) is 0.271. The van der Waals surface area contributed by atoms with Crippen LogP contribution in [-0.2, 0) is 17.8 Å². The number of carboxylic acids is 1. The van der Waals surface area contributed by atoms with Crippen molar-refractivity contribution in [2.75, 3.05) is 26.2 Å². The van der Waals surface area contributed by atoms with Crippen molar-refractivity contribution < 1.29 is 28.6 Å². The molecule has 1 aromatic heterocycles. The van der Waals surface area contributed by atoms with E-state index in [2.05, 4.69) is 4.98 Å². The Kier molecular flexibility index (Phi) is 8.86. The number of carboxylic acid groups (broad SMARTS) is 1. The number of nitrogens with zero attached hydrogens (tertiary/aromatic N) is 3. The Labute approximate surface area is 242 Å². The number of carbonyl (C=O) groups is 2. The highest BCUT2D eigenvalue weighted by atomic mass is 35.5. The molecule has 3 aromatic carbocycles. The van der Waals surface area contributed by atoms with Crippen molar-refractivity contribution >= 4 is 23.7 Å². The molecule has 0 aliphatic carbocycles. The number of aryl methyl sites for hydroxylation is 1. The molecule has 0 radical (unpaired) electrons. The molecule has 4 aromatic rings. The van der Waals surface area contributed by atoms with Gasteiger partial charge in [0.15, 0.2) is 0 Å². The lowest BCUT2D eigenvalue weighted by atomic mass is 10.1. The van der Waals surface area contributed by atoms with E-state index in [9.17, 15) is 14.7 Å². The molecule has 2 heterocycles. The Morgan fingerprint density at radius 1 is 1.02 bits per heavy atom. The Morgan fingerprint density at radius 2 is 1.80 bits per heavy atom. The van der Waals surface area contributed by atoms with Crippen LogP contribution < -0.4 is 9.47 Å². The molecule has 0 spiro atoms. The molecule has 0 saturated carbocycles. The summed E-state index contributed by atoms with van der Waals surface area (Å²) in [5.74, 6) is 1.38. The molecule has 10 heteroatoms. The predicted octanol–water partition coefficient (Wildman–Crippen LogP) is 5.69. The van der Waals surface area contributed by atoms with Gasteiger partial charge in [0.2, 0.25) is 5.89 Å². The molecule has 1 unspecified atom stereocenters. The zero-order valence-corrected chi connectivity index (χ0v) is 23.3. The average molecular weight is 576 g/mol. The number of carbonyl (C=O) groups excluding carboxylic acids is 1. The maximum Gasteiger partial charge on any atom is 0.415 e. The van der Waals surface area contributed by atoms with Crippen molar-refractivity contribution in [1.82, 2.24) is 14.8 Å². The predicted molar refractivity (Wildman–Crippen MR) is 153 cm³/mol. The van der Waals surface area contributed by atoms with Crippen LogP contribution in [0.25, 0.3) is 11.5 Å². The Bertz CT molecular complexity index is 1490. The number of rotatable bonds is 9. The summed E-state index contributed by atoms with van der Waals surface area (Å²) in [5.41, 5.74) is 2.68. The van der Waals surface area contributed by atoms with Crippen LogP contribution in [0, 0.1) is 6.92 Å². The van der Waals surface area contributed by atoms with Gasteiger partial charge in [0.25, 0.3) is 0 Å². The third-order valence-electron chi connectivity index (χ3n) is 6.86. The van der Waals surface area contributed by atoms with E-state index in [1.165, 1.54) is 4.90 Å². The third-order valence-corrected chi connectivity index (χ3v) is 7.11. The summed E-state index contributed by atoms with van der Waals surface area (Å²) in [6, 6.07) is 22.9. The van der Waals surface area contributed by atoms with Crippen molar-refractivity contribution in [2.45, 2.75) is 25.9 Å². The summed E-state index contributed by atoms with van der Waals surface area (Å²) in [4.78, 5) is 32.7. The van der Waals surface area contributed by atoms with Crippen LogP contribution in [0.1, 0.15) is 17.0 Å². The molecule has 1 amide bonds. The van der Waals surface area contributed by atoms with Gasteiger partial charge in [0, 0.05) is 36.6 Å². The molecule has 212 valence electrons. The molecule has 1 aliphatic rings. The smallest absolute Gasteiger partial charge is 0.415 e. The zero-order valence-electron chi connectivity index (χ0n) is 22.5. The first-order valence-corrected chi connectivity index (χ1v) is 13.7. The van der Waals surface area contributed by atoms with E-state index in [0.717, 1.165) is 22.6 Å². The number of hydrogen-bond donors (Lipinski definition) is 1.